The van der Waals surface area contributed by atoms with Crippen LogP contribution in [-0.4, -0.2) is 25.2 Å². The van der Waals surface area contributed by atoms with E-state index in [-0.39, 0.29) is 0 Å². The van der Waals surface area contributed by atoms with Crippen molar-refractivity contribution in [1.82, 2.24) is 0 Å². The van der Waals surface area contributed by atoms with E-state index in [0.29, 0.717) is 0 Å². The van der Waals surface area contributed by atoms with Crippen molar-refractivity contribution in [3.63, 3.8) is 0 Å². The molecule has 0 saturated carbocycles. The second-order valence-corrected chi connectivity index (χ2v) is 20.7. The van der Waals surface area contributed by atoms with Crippen molar-refractivity contribution in [3.8, 4) is 0 Å². The molecule has 0 aromatic heterocycles. The first-order valence-corrected chi connectivity index (χ1v) is 18.2. The molecule has 23 heavy (non-hydrogen) atoms. The molecule has 0 heterocycles. The van der Waals surface area contributed by atoms with E-state index in [9.17, 15) is 0 Å². The summed E-state index contributed by atoms with van der Waals surface area (Å²) in [6.45, 7) is 21.5. The molecule has 0 saturated heterocycles. The van der Waals surface area contributed by atoms with Crippen molar-refractivity contribution in [2.45, 2.75) is 89.9 Å². The summed E-state index contributed by atoms with van der Waals surface area (Å²) in [4.78, 5) is 0. The van der Waals surface area contributed by atoms with Crippen LogP contribution in [0.3, 0.4) is 0 Å². The first kappa shape index (κ1) is 23.1. The monoisotopic (exact) mass is 372 g/mol. The Morgan fingerprint density at radius 2 is 1.00 bits per heavy atom. The van der Waals surface area contributed by atoms with Crippen molar-refractivity contribution < 1.29 is 8.23 Å². The maximum Gasteiger partial charge on any atom is 0.311 e. The summed E-state index contributed by atoms with van der Waals surface area (Å²) in [6, 6.07) is 2.45. The van der Waals surface area contributed by atoms with Crippen LogP contribution in [0.2, 0.25) is 51.4 Å². The molecule has 2 nitrogen and oxygen atoms in total. The van der Waals surface area contributed by atoms with Crippen molar-refractivity contribution in [3.05, 3.63) is 25.3 Å². The van der Waals surface area contributed by atoms with E-state index in [1.807, 2.05) is 12.2 Å². The molecule has 0 N–H and O–H groups in total. The molecule has 0 aliphatic carbocycles. The summed E-state index contributed by atoms with van der Waals surface area (Å²) in [5.74, 6) is 0. The van der Waals surface area contributed by atoms with Gasteiger partial charge in [-0.05, 0) is 64.2 Å². The maximum atomic E-state index is 6.62. The fourth-order valence-corrected chi connectivity index (χ4v) is 17.3. The first-order valence-electron chi connectivity index (χ1n) is 9.16. The van der Waals surface area contributed by atoms with Gasteiger partial charge in [-0.2, -0.15) is 0 Å². The predicted octanol–water partition coefficient (Wildman–Crippen LogP) is 6.84. The molecule has 0 radical (unpaired) electrons. The molecule has 0 aromatic carbocycles. The number of rotatable bonds is 14. The fourth-order valence-electron chi connectivity index (χ4n) is 3.13. The van der Waals surface area contributed by atoms with Crippen LogP contribution in [-0.2, 0) is 8.23 Å². The fraction of sp³-hybridized carbons (Fsp3) is 0.778. The van der Waals surface area contributed by atoms with E-state index in [2.05, 4.69) is 52.4 Å². The molecule has 0 fully saturated rings. The van der Waals surface area contributed by atoms with Crippen LogP contribution in [0, 0.1) is 0 Å². The lowest BCUT2D eigenvalue weighted by molar-refractivity contribution is 0.386. The van der Waals surface area contributed by atoms with Crippen LogP contribution >= 0.6 is 0 Å². The lowest BCUT2D eigenvalue weighted by atomic mass is 10.2. The third kappa shape index (κ3) is 13.1. The largest absolute Gasteiger partial charge is 0.437 e. The molecule has 136 valence electrons. The van der Waals surface area contributed by atoms with E-state index >= 15 is 0 Å². The molecule has 5 heteroatoms. The highest BCUT2D eigenvalue weighted by Gasteiger charge is 2.39. The lowest BCUT2D eigenvalue weighted by Gasteiger charge is -2.38. The Hall–Kier alpha value is 0.0506. The topological polar surface area (TPSA) is 18.5 Å². The Bertz CT molecular complexity index is 320. The Balaban J connectivity index is 4.36. The van der Waals surface area contributed by atoms with Gasteiger partial charge in [-0.25, -0.2) is 0 Å². The standard InChI is InChI=1S/C18H40O2Si3/c1-9-11-13-15-17-21(3,4)19-23(7,8)20-22(5,6)18-16-14-12-10-2/h9-10H,1-2,11-18H2,3-8H3. The molecular formula is C18H40O2Si3. The zero-order chi connectivity index (χ0) is 18.0. The van der Waals surface area contributed by atoms with E-state index in [4.69, 9.17) is 8.23 Å². The number of hydrogen-bond donors (Lipinski definition) is 0. The highest BCUT2D eigenvalue weighted by Crippen LogP contribution is 2.27. The van der Waals surface area contributed by atoms with Gasteiger partial charge in [-0.1, -0.05) is 37.8 Å². The SMILES string of the molecule is C=CCCCC[Si](C)(C)O[Si](C)(C)O[Si](C)(C)CCCCC=C. The molecule has 0 atom stereocenters. The van der Waals surface area contributed by atoms with Crippen molar-refractivity contribution in [2.75, 3.05) is 0 Å². The molecule has 0 bridgehead atoms. The zero-order valence-electron chi connectivity index (χ0n) is 16.5. The third-order valence-corrected chi connectivity index (χ3v) is 15.4. The van der Waals surface area contributed by atoms with Gasteiger partial charge >= 0.3 is 8.56 Å². The summed E-state index contributed by atoms with van der Waals surface area (Å²) in [5, 5.41) is 0. The highest BCUT2D eigenvalue weighted by molar-refractivity contribution is 6.87. The van der Waals surface area contributed by atoms with Gasteiger partial charge in [0.15, 0.2) is 16.6 Å². The Kier molecular flexibility index (Phi) is 10.8. The second-order valence-electron chi connectivity index (χ2n) is 8.19. The first-order chi connectivity index (χ1) is 10.5. The second kappa shape index (κ2) is 10.8. The van der Waals surface area contributed by atoms with Crippen molar-refractivity contribution >= 4 is 25.2 Å². The summed E-state index contributed by atoms with van der Waals surface area (Å²) in [6.07, 6.45) is 11.2. The van der Waals surface area contributed by atoms with Gasteiger partial charge in [-0.15, -0.1) is 13.2 Å². The highest BCUT2D eigenvalue weighted by atomic mass is 28.5. The van der Waals surface area contributed by atoms with Gasteiger partial charge in [0, 0.05) is 0 Å². The van der Waals surface area contributed by atoms with Crippen LogP contribution in [0.1, 0.15) is 38.5 Å². The molecule has 0 spiro atoms. The number of unbranched alkanes of at least 4 members (excludes halogenated alkanes) is 4. The Morgan fingerprint density at radius 3 is 1.30 bits per heavy atom. The third-order valence-electron chi connectivity index (χ3n) is 3.92. The van der Waals surface area contributed by atoms with Gasteiger partial charge in [0.25, 0.3) is 0 Å². The van der Waals surface area contributed by atoms with Crippen LogP contribution in [0.25, 0.3) is 0 Å². The minimum absolute atomic E-state index is 1.12. The van der Waals surface area contributed by atoms with Gasteiger partial charge in [0.05, 0.1) is 0 Å². The average molecular weight is 373 g/mol. The number of allylic oxidation sites excluding steroid dienone is 2. The minimum atomic E-state index is -2.03. The van der Waals surface area contributed by atoms with E-state index in [1.165, 1.54) is 37.8 Å². The zero-order valence-corrected chi connectivity index (χ0v) is 19.5. The van der Waals surface area contributed by atoms with Gasteiger partial charge in [0.2, 0.25) is 0 Å². The molecule has 0 aromatic rings. The molecular weight excluding hydrogens is 332 g/mol. The summed E-state index contributed by atoms with van der Waals surface area (Å²) >= 11 is 0. The van der Waals surface area contributed by atoms with Crippen LogP contribution in [0.15, 0.2) is 25.3 Å². The van der Waals surface area contributed by atoms with Crippen LogP contribution < -0.4 is 0 Å². The minimum Gasteiger partial charge on any atom is -0.437 e. The van der Waals surface area contributed by atoms with E-state index < -0.39 is 25.2 Å². The molecule has 0 aliphatic rings. The Morgan fingerprint density at radius 1 is 0.652 bits per heavy atom. The molecule has 0 amide bonds. The van der Waals surface area contributed by atoms with Gasteiger partial charge < -0.3 is 8.23 Å². The predicted molar refractivity (Wildman–Crippen MR) is 112 cm³/mol. The van der Waals surface area contributed by atoms with Gasteiger partial charge in [0.1, 0.15) is 0 Å². The van der Waals surface area contributed by atoms with Crippen molar-refractivity contribution in [2.24, 2.45) is 0 Å². The van der Waals surface area contributed by atoms with Crippen molar-refractivity contribution in [1.29, 1.82) is 0 Å². The Labute approximate surface area is 148 Å². The summed E-state index contributed by atoms with van der Waals surface area (Å²) in [7, 11) is -5.27. The van der Waals surface area contributed by atoms with E-state index in [1.54, 1.807) is 0 Å². The molecule has 0 unspecified atom stereocenters. The summed E-state index contributed by atoms with van der Waals surface area (Å²) < 4.78 is 13.2. The normalized spacial score (nSPS) is 13.1. The molecule has 0 rings (SSSR count). The average Bonchev–Trinajstić information content (AvgIpc) is 2.37. The van der Waals surface area contributed by atoms with Gasteiger partial charge in [-0.3, -0.25) is 0 Å². The smallest absolute Gasteiger partial charge is 0.311 e. The quantitative estimate of drug-likeness (QED) is 0.189. The van der Waals surface area contributed by atoms with Crippen LogP contribution in [0.4, 0.5) is 0 Å². The number of hydrogen-bond acceptors (Lipinski definition) is 2. The maximum absolute atomic E-state index is 6.62. The van der Waals surface area contributed by atoms with E-state index in [0.717, 1.165) is 12.8 Å². The molecule has 0 aliphatic heterocycles. The summed E-state index contributed by atoms with van der Waals surface area (Å²) in [5.41, 5.74) is 0. The lowest BCUT2D eigenvalue weighted by Crippen LogP contribution is -2.52. The van der Waals surface area contributed by atoms with Crippen LogP contribution in [0.5, 0.6) is 0 Å².